The van der Waals surface area contributed by atoms with E-state index in [4.69, 9.17) is 4.52 Å². The van der Waals surface area contributed by atoms with E-state index in [0.29, 0.717) is 37.8 Å². The molecule has 0 unspecified atom stereocenters. The molecule has 25 heavy (non-hydrogen) atoms. The van der Waals surface area contributed by atoms with Gasteiger partial charge in [0.15, 0.2) is 0 Å². The molecule has 2 heterocycles. The molecule has 0 saturated carbocycles. The summed E-state index contributed by atoms with van der Waals surface area (Å²) in [5.41, 5.74) is 1.95. The number of carbonyl (C=O) groups is 2. The summed E-state index contributed by atoms with van der Waals surface area (Å²) in [5, 5.41) is 9.59. The summed E-state index contributed by atoms with van der Waals surface area (Å²) < 4.78 is 5.31. The van der Waals surface area contributed by atoms with Gasteiger partial charge in [-0.3, -0.25) is 4.79 Å². The number of benzene rings is 1. The number of urea groups is 1. The summed E-state index contributed by atoms with van der Waals surface area (Å²) in [7, 11) is 0. The zero-order valence-corrected chi connectivity index (χ0v) is 14.3. The zero-order valence-electron chi connectivity index (χ0n) is 14.3. The van der Waals surface area contributed by atoms with Gasteiger partial charge in [-0.15, -0.1) is 0 Å². The number of hydrogen-bond donors (Lipinski definition) is 2. The van der Waals surface area contributed by atoms with E-state index in [1.54, 1.807) is 11.8 Å². The predicted molar refractivity (Wildman–Crippen MR) is 90.6 cm³/mol. The predicted octanol–water partition coefficient (Wildman–Crippen LogP) is 1.64. The minimum atomic E-state index is -0.426. The molecule has 132 valence electrons. The van der Waals surface area contributed by atoms with Crippen LogP contribution >= 0.6 is 0 Å². The molecule has 1 aromatic carbocycles. The maximum atomic E-state index is 12.4. The number of aryl methyl sites for hydroxylation is 1. The maximum absolute atomic E-state index is 12.4. The summed E-state index contributed by atoms with van der Waals surface area (Å²) in [6.45, 7) is 5.09. The van der Waals surface area contributed by atoms with Gasteiger partial charge in [-0.2, -0.15) is 4.98 Å². The van der Waals surface area contributed by atoms with Crippen LogP contribution in [0.1, 0.15) is 30.8 Å². The maximum Gasteiger partial charge on any atom is 0.318 e. The Labute approximate surface area is 145 Å². The molecule has 1 fully saturated rings. The van der Waals surface area contributed by atoms with Crippen LogP contribution in [0.2, 0.25) is 0 Å². The SMILES string of the molecule is Cc1ccccc1-c1noc([C@H](C)NC(=O)N2CCNC(=O)CC2)n1. The van der Waals surface area contributed by atoms with Crippen molar-refractivity contribution in [2.24, 2.45) is 0 Å². The van der Waals surface area contributed by atoms with Gasteiger partial charge in [0.2, 0.25) is 17.6 Å². The molecular formula is C17H21N5O3. The van der Waals surface area contributed by atoms with Gasteiger partial charge in [0.1, 0.15) is 6.04 Å². The number of nitrogens with zero attached hydrogens (tertiary/aromatic N) is 3. The highest BCUT2D eigenvalue weighted by atomic mass is 16.5. The van der Waals surface area contributed by atoms with Crippen molar-refractivity contribution in [1.82, 2.24) is 25.7 Å². The summed E-state index contributed by atoms with van der Waals surface area (Å²) >= 11 is 0. The third-order valence-electron chi connectivity index (χ3n) is 4.14. The largest absolute Gasteiger partial charge is 0.354 e. The highest BCUT2D eigenvalue weighted by Gasteiger charge is 2.23. The fourth-order valence-corrected chi connectivity index (χ4v) is 2.65. The number of carbonyl (C=O) groups excluding carboxylic acids is 2. The molecule has 1 aromatic heterocycles. The molecule has 1 aliphatic heterocycles. The van der Waals surface area contributed by atoms with Crippen LogP contribution < -0.4 is 10.6 Å². The quantitative estimate of drug-likeness (QED) is 0.882. The number of nitrogens with one attached hydrogen (secondary N) is 2. The summed E-state index contributed by atoms with van der Waals surface area (Å²) in [6, 6.07) is 7.09. The van der Waals surface area contributed by atoms with Crippen molar-refractivity contribution in [2.75, 3.05) is 19.6 Å². The second kappa shape index (κ2) is 7.33. The minimum absolute atomic E-state index is 0.0388. The van der Waals surface area contributed by atoms with Crippen molar-refractivity contribution in [3.63, 3.8) is 0 Å². The first-order valence-corrected chi connectivity index (χ1v) is 8.26. The summed E-state index contributed by atoms with van der Waals surface area (Å²) in [4.78, 5) is 29.7. The van der Waals surface area contributed by atoms with Gasteiger partial charge < -0.3 is 20.1 Å². The molecule has 1 aliphatic rings. The van der Waals surface area contributed by atoms with Gasteiger partial charge in [-0.1, -0.05) is 29.4 Å². The monoisotopic (exact) mass is 343 g/mol. The van der Waals surface area contributed by atoms with Crippen LogP contribution in [0.3, 0.4) is 0 Å². The Balaban J connectivity index is 1.65. The van der Waals surface area contributed by atoms with Crippen molar-refractivity contribution >= 4 is 11.9 Å². The van der Waals surface area contributed by atoms with E-state index in [0.717, 1.165) is 11.1 Å². The standard InChI is InChI=1S/C17H21N5O3/c1-11-5-3-4-6-13(11)15-20-16(25-21-15)12(2)19-17(24)22-9-7-14(23)18-8-10-22/h3-6,12H,7-10H2,1-2H3,(H,18,23)(H,19,24)/t12-/m0/s1. The lowest BCUT2D eigenvalue weighted by Crippen LogP contribution is -2.42. The molecule has 1 atom stereocenters. The first-order chi connectivity index (χ1) is 12.0. The van der Waals surface area contributed by atoms with Crippen molar-refractivity contribution in [3.8, 4) is 11.4 Å². The third kappa shape index (κ3) is 3.96. The Kier molecular flexibility index (Phi) is 4.97. The molecule has 1 saturated heterocycles. The van der Waals surface area contributed by atoms with Gasteiger partial charge in [-0.05, 0) is 19.4 Å². The number of hydrogen-bond acceptors (Lipinski definition) is 5. The Morgan fingerprint density at radius 1 is 1.36 bits per heavy atom. The van der Waals surface area contributed by atoms with E-state index in [1.807, 2.05) is 31.2 Å². The Hall–Kier alpha value is -2.90. The number of amides is 3. The van der Waals surface area contributed by atoms with Crippen LogP contribution in [0.4, 0.5) is 4.79 Å². The lowest BCUT2D eigenvalue weighted by Gasteiger charge is -2.21. The van der Waals surface area contributed by atoms with Crippen LogP contribution in [0, 0.1) is 6.92 Å². The number of aromatic nitrogens is 2. The van der Waals surface area contributed by atoms with Gasteiger partial charge in [0, 0.05) is 31.6 Å². The number of rotatable bonds is 3. The molecule has 0 spiro atoms. The lowest BCUT2D eigenvalue weighted by molar-refractivity contribution is -0.120. The average Bonchev–Trinajstić information content (AvgIpc) is 2.98. The fraction of sp³-hybridized carbons (Fsp3) is 0.412. The molecule has 8 heteroatoms. The van der Waals surface area contributed by atoms with Crippen LogP contribution in [0.15, 0.2) is 28.8 Å². The second-order valence-corrected chi connectivity index (χ2v) is 6.03. The van der Waals surface area contributed by atoms with Crippen LogP contribution in [0.5, 0.6) is 0 Å². The van der Waals surface area contributed by atoms with E-state index in [1.165, 1.54) is 0 Å². The first-order valence-electron chi connectivity index (χ1n) is 8.26. The Morgan fingerprint density at radius 3 is 2.96 bits per heavy atom. The second-order valence-electron chi connectivity index (χ2n) is 6.03. The average molecular weight is 343 g/mol. The lowest BCUT2D eigenvalue weighted by atomic mass is 10.1. The van der Waals surface area contributed by atoms with Crippen molar-refractivity contribution < 1.29 is 14.1 Å². The zero-order chi connectivity index (χ0) is 17.8. The van der Waals surface area contributed by atoms with Gasteiger partial charge in [-0.25, -0.2) is 4.79 Å². The van der Waals surface area contributed by atoms with E-state index in [9.17, 15) is 9.59 Å². The highest BCUT2D eigenvalue weighted by molar-refractivity contribution is 5.79. The first kappa shape index (κ1) is 16.9. The van der Waals surface area contributed by atoms with Crippen molar-refractivity contribution in [2.45, 2.75) is 26.3 Å². The fourth-order valence-electron chi connectivity index (χ4n) is 2.65. The van der Waals surface area contributed by atoms with E-state index in [2.05, 4.69) is 20.8 Å². The molecule has 2 aromatic rings. The highest BCUT2D eigenvalue weighted by Crippen LogP contribution is 2.21. The summed E-state index contributed by atoms with van der Waals surface area (Å²) in [6.07, 6.45) is 0.305. The molecular weight excluding hydrogens is 322 g/mol. The van der Waals surface area contributed by atoms with E-state index >= 15 is 0 Å². The molecule has 8 nitrogen and oxygen atoms in total. The Bertz CT molecular complexity index is 773. The molecule has 0 radical (unpaired) electrons. The third-order valence-corrected chi connectivity index (χ3v) is 4.14. The Morgan fingerprint density at radius 2 is 2.16 bits per heavy atom. The molecule has 0 bridgehead atoms. The smallest absolute Gasteiger partial charge is 0.318 e. The normalized spacial score (nSPS) is 16.1. The summed E-state index contributed by atoms with van der Waals surface area (Å²) in [5.74, 6) is 0.803. The van der Waals surface area contributed by atoms with Gasteiger partial charge in [0.25, 0.3) is 0 Å². The van der Waals surface area contributed by atoms with Crippen LogP contribution in [-0.4, -0.2) is 46.6 Å². The minimum Gasteiger partial charge on any atom is -0.354 e. The van der Waals surface area contributed by atoms with E-state index in [-0.39, 0.29) is 11.9 Å². The van der Waals surface area contributed by atoms with Crippen LogP contribution in [0.25, 0.3) is 11.4 Å². The van der Waals surface area contributed by atoms with Gasteiger partial charge in [0.05, 0.1) is 0 Å². The van der Waals surface area contributed by atoms with Gasteiger partial charge >= 0.3 is 6.03 Å². The van der Waals surface area contributed by atoms with Crippen molar-refractivity contribution in [1.29, 1.82) is 0 Å². The molecule has 3 rings (SSSR count). The topological polar surface area (TPSA) is 100 Å². The molecule has 0 aliphatic carbocycles. The van der Waals surface area contributed by atoms with E-state index < -0.39 is 6.04 Å². The molecule has 3 amide bonds. The molecule has 2 N–H and O–H groups in total. The van der Waals surface area contributed by atoms with Crippen LogP contribution in [-0.2, 0) is 4.79 Å². The van der Waals surface area contributed by atoms with Crippen molar-refractivity contribution in [3.05, 3.63) is 35.7 Å².